The third-order valence-corrected chi connectivity index (χ3v) is 5.08. The highest BCUT2D eigenvalue weighted by Gasteiger charge is 2.12. The highest BCUT2D eigenvalue weighted by molar-refractivity contribution is 5.80. The molecule has 0 saturated heterocycles. The van der Waals surface area contributed by atoms with Crippen molar-refractivity contribution in [3.8, 4) is 16.9 Å². The molecule has 0 saturated carbocycles. The van der Waals surface area contributed by atoms with Crippen LogP contribution in [0.2, 0.25) is 0 Å². The third kappa shape index (κ3) is 4.55. The van der Waals surface area contributed by atoms with E-state index in [-0.39, 0.29) is 12.5 Å². The number of benzene rings is 3. The molecule has 31 heavy (non-hydrogen) atoms. The number of halogens is 2. The lowest BCUT2D eigenvalue weighted by Crippen LogP contribution is -2.19. The SMILES string of the molecule is CNC(=O)CCn1ncc2cc(OCc3ccccc3-c3ccc(F)cc3F)ccc21. The van der Waals surface area contributed by atoms with E-state index in [2.05, 4.69) is 10.4 Å². The molecule has 0 atom stereocenters. The lowest BCUT2D eigenvalue weighted by molar-refractivity contribution is -0.120. The zero-order valence-electron chi connectivity index (χ0n) is 16.9. The summed E-state index contributed by atoms with van der Waals surface area (Å²) in [5, 5.41) is 7.83. The van der Waals surface area contributed by atoms with Gasteiger partial charge in [0.25, 0.3) is 0 Å². The van der Waals surface area contributed by atoms with E-state index >= 15 is 0 Å². The predicted molar refractivity (Wildman–Crippen MR) is 115 cm³/mol. The summed E-state index contributed by atoms with van der Waals surface area (Å²) >= 11 is 0. The van der Waals surface area contributed by atoms with Gasteiger partial charge < -0.3 is 10.1 Å². The van der Waals surface area contributed by atoms with Crippen LogP contribution in [0.1, 0.15) is 12.0 Å². The van der Waals surface area contributed by atoms with E-state index in [9.17, 15) is 13.6 Å². The first-order valence-corrected chi connectivity index (χ1v) is 9.87. The van der Waals surface area contributed by atoms with Crippen molar-refractivity contribution in [3.05, 3.63) is 84.1 Å². The number of carbonyl (C=O) groups is 1. The zero-order valence-corrected chi connectivity index (χ0v) is 16.9. The summed E-state index contributed by atoms with van der Waals surface area (Å²) in [5.41, 5.74) is 2.68. The van der Waals surface area contributed by atoms with Crippen LogP contribution in [-0.4, -0.2) is 22.7 Å². The number of ether oxygens (including phenoxy) is 1. The first-order chi connectivity index (χ1) is 15.0. The smallest absolute Gasteiger partial charge is 0.221 e. The molecular formula is C24H21F2N3O2. The average molecular weight is 421 g/mol. The third-order valence-electron chi connectivity index (χ3n) is 5.08. The van der Waals surface area contributed by atoms with E-state index in [1.54, 1.807) is 30.1 Å². The first kappa shape index (κ1) is 20.5. The summed E-state index contributed by atoms with van der Waals surface area (Å²) in [4.78, 5) is 11.5. The van der Waals surface area contributed by atoms with E-state index in [1.807, 2.05) is 30.3 Å². The molecule has 4 rings (SSSR count). The average Bonchev–Trinajstić information content (AvgIpc) is 3.18. The van der Waals surface area contributed by atoms with Crippen LogP contribution in [0.25, 0.3) is 22.0 Å². The maximum absolute atomic E-state index is 14.3. The van der Waals surface area contributed by atoms with Crippen LogP contribution >= 0.6 is 0 Å². The van der Waals surface area contributed by atoms with Crippen LogP contribution in [0.4, 0.5) is 8.78 Å². The summed E-state index contributed by atoms with van der Waals surface area (Å²) in [5.74, 6) is -0.621. The van der Waals surface area contributed by atoms with Crippen molar-refractivity contribution in [1.82, 2.24) is 15.1 Å². The Balaban J connectivity index is 1.52. The van der Waals surface area contributed by atoms with Crippen LogP contribution in [0.15, 0.2) is 66.9 Å². The van der Waals surface area contributed by atoms with Gasteiger partial charge in [0.15, 0.2) is 0 Å². The molecule has 3 aromatic carbocycles. The molecule has 5 nitrogen and oxygen atoms in total. The molecule has 0 aliphatic carbocycles. The van der Waals surface area contributed by atoms with Gasteiger partial charge in [0, 0.05) is 30.5 Å². The van der Waals surface area contributed by atoms with Crippen LogP contribution in [0, 0.1) is 11.6 Å². The second-order valence-corrected chi connectivity index (χ2v) is 7.08. The summed E-state index contributed by atoms with van der Waals surface area (Å²) in [6.07, 6.45) is 2.08. The molecule has 0 aliphatic heterocycles. The van der Waals surface area contributed by atoms with Crippen LogP contribution in [0.3, 0.4) is 0 Å². The van der Waals surface area contributed by atoms with Crippen molar-refractivity contribution >= 4 is 16.8 Å². The largest absolute Gasteiger partial charge is 0.489 e. The standard InChI is InChI=1S/C24H21F2N3O2/c1-27-24(30)10-11-29-23-9-7-19(12-17(23)14-28-29)31-15-16-4-2-3-5-20(16)21-8-6-18(25)13-22(21)26/h2-9,12-14H,10-11,15H2,1H3,(H,27,30). The normalized spacial score (nSPS) is 10.9. The Kier molecular flexibility index (Phi) is 5.93. The van der Waals surface area contributed by atoms with E-state index in [4.69, 9.17) is 4.74 Å². The molecule has 0 radical (unpaired) electrons. The Labute approximate surface area is 178 Å². The van der Waals surface area contributed by atoms with Crippen molar-refractivity contribution in [3.63, 3.8) is 0 Å². The van der Waals surface area contributed by atoms with Gasteiger partial charge in [-0.15, -0.1) is 0 Å². The number of nitrogens with zero attached hydrogens (tertiary/aromatic N) is 2. The number of aryl methyl sites for hydroxylation is 1. The Bertz CT molecular complexity index is 1240. The molecule has 7 heteroatoms. The molecule has 158 valence electrons. The molecule has 0 aliphatic rings. The van der Waals surface area contributed by atoms with E-state index < -0.39 is 11.6 Å². The number of carbonyl (C=O) groups excluding carboxylic acids is 1. The molecule has 0 bridgehead atoms. The Morgan fingerprint density at radius 1 is 1.06 bits per heavy atom. The van der Waals surface area contributed by atoms with Crippen molar-refractivity contribution in [2.75, 3.05) is 7.05 Å². The minimum Gasteiger partial charge on any atom is -0.489 e. The molecule has 4 aromatic rings. The molecule has 0 fully saturated rings. The highest BCUT2D eigenvalue weighted by Crippen LogP contribution is 2.28. The minimum absolute atomic E-state index is 0.0418. The minimum atomic E-state index is -0.613. The molecule has 0 unspecified atom stereocenters. The van der Waals surface area contributed by atoms with Crippen molar-refractivity contribution in [1.29, 1.82) is 0 Å². The summed E-state index contributed by atoms with van der Waals surface area (Å²) in [7, 11) is 1.61. The van der Waals surface area contributed by atoms with Gasteiger partial charge in [-0.05, 0) is 41.5 Å². The number of hydrogen-bond donors (Lipinski definition) is 1. The van der Waals surface area contributed by atoms with Gasteiger partial charge in [-0.25, -0.2) is 8.78 Å². The second-order valence-electron chi connectivity index (χ2n) is 7.08. The first-order valence-electron chi connectivity index (χ1n) is 9.87. The fourth-order valence-corrected chi connectivity index (χ4v) is 3.44. The van der Waals surface area contributed by atoms with E-state index in [0.29, 0.717) is 29.8 Å². The van der Waals surface area contributed by atoms with E-state index in [1.165, 1.54) is 12.1 Å². The van der Waals surface area contributed by atoms with Gasteiger partial charge >= 0.3 is 0 Å². The quantitative estimate of drug-likeness (QED) is 0.471. The lowest BCUT2D eigenvalue weighted by Gasteiger charge is -2.12. The fraction of sp³-hybridized carbons (Fsp3) is 0.167. The van der Waals surface area contributed by atoms with Crippen molar-refractivity contribution in [2.45, 2.75) is 19.6 Å². The second kappa shape index (κ2) is 8.95. The summed E-state index contributed by atoms with van der Waals surface area (Å²) < 4.78 is 35.3. The zero-order chi connectivity index (χ0) is 21.8. The van der Waals surface area contributed by atoms with Gasteiger partial charge in [0.05, 0.1) is 18.3 Å². The topological polar surface area (TPSA) is 56.2 Å². The number of rotatable bonds is 7. The molecular weight excluding hydrogens is 400 g/mol. The van der Waals surface area contributed by atoms with Crippen molar-refractivity contribution < 1.29 is 18.3 Å². The maximum atomic E-state index is 14.3. The van der Waals surface area contributed by atoms with Gasteiger partial charge in [-0.2, -0.15) is 5.10 Å². The maximum Gasteiger partial charge on any atom is 0.221 e. The molecule has 1 N–H and O–H groups in total. The fourth-order valence-electron chi connectivity index (χ4n) is 3.44. The Hall–Kier alpha value is -3.74. The number of nitrogens with one attached hydrogen (secondary N) is 1. The van der Waals surface area contributed by atoms with Crippen LogP contribution in [-0.2, 0) is 17.9 Å². The van der Waals surface area contributed by atoms with Crippen LogP contribution in [0.5, 0.6) is 5.75 Å². The van der Waals surface area contributed by atoms with Gasteiger partial charge in [0.2, 0.25) is 5.91 Å². The number of hydrogen-bond acceptors (Lipinski definition) is 3. The number of amides is 1. The molecule has 1 amide bonds. The van der Waals surface area contributed by atoms with Gasteiger partial charge in [-0.1, -0.05) is 24.3 Å². The van der Waals surface area contributed by atoms with E-state index in [0.717, 1.165) is 22.5 Å². The molecule has 1 heterocycles. The molecule has 1 aromatic heterocycles. The highest BCUT2D eigenvalue weighted by atomic mass is 19.1. The number of fused-ring (bicyclic) bond motifs is 1. The van der Waals surface area contributed by atoms with Crippen LogP contribution < -0.4 is 10.1 Å². The molecule has 0 spiro atoms. The van der Waals surface area contributed by atoms with Gasteiger partial charge in [-0.3, -0.25) is 9.48 Å². The Morgan fingerprint density at radius 2 is 1.90 bits per heavy atom. The lowest BCUT2D eigenvalue weighted by atomic mass is 9.99. The monoisotopic (exact) mass is 421 g/mol. The summed E-state index contributed by atoms with van der Waals surface area (Å²) in [6.45, 7) is 0.712. The van der Waals surface area contributed by atoms with Gasteiger partial charge in [0.1, 0.15) is 24.0 Å². The summed E-state index contributed by atoms with van der Waals surface area (Å²) in [6, 6.07) is 16.5. The Morgan fingerprint density at radius 3 is 2.71 bits per heavy atom. The van der Waals surface area contributed by atoms with Crippen molar-refractivity contribution in [2.24, 2.45) is 0 Å². The predicted octanol–water partition coefficient (Wildman–Crippen LogP) is 4.70. The number of aromatic nitrogens is 2.